The van der Waals surface area contributed by atoms with Crippen LogP contribution < -0.4 is 0 Å². The van der Waals surface area contributed by atoms with Gasteiger partial charge in [-0.1, -0.05) is 33.3 Å². The van der Waals surface area contributed by atoms with Gasteiger partial charge in [-0.3, -0.25) is 9.59 Å². The van der Waals surface area contributed by atoms with Crippen molar-refractivity contribution in [1.29, 1.82) is 0 Å². The fraction of sp³-hybridized carbons (Fsp3) is 0.750. The van der Waals surface area contributed by atoms with Crippen LogP contribution in [-0.4, -0.2) is 31.3 Å². The Labute approximate surface area is 129 Å². The van der Waals surface area contributed by atoms with Crippen molar-refractivity contribution in [2.45, 2.75) is 77.6 Å². The Bertz CT molecular complexity index is 380. The second-order valence-electron chi connectivity index (χ2n) is 7.03. The van der Waals surface area contributed by atoms with Crippen LogP contribution in [0, 0.1) is 0 Å². The summed E-state index contributed by atoms with van der Waals surface area (Å²) >= 11 is 0. The minimum Gasteiger partial charge on any atom is -0.481 e. The molecule has 0 fully saturated rings. The van der Waals surface area contributed by atoms with Crippen LogP contribution in [0.5, 0.6) is 0 Å². The van der Waals surface area contributed by atoms with E-state index in [0.29, 0.717) is 6.42 Å². The van der Waals surface area contributed by atoms with Crippen LogP contribution in [-0.2, 0) is 14.0 Å². The number of unbranched alkanes of at least 4 members (excludes halogenated alkanes) is 1. The Kier molecular flexibility index (Phi) is 8.11. The summed E-state index contributed by atoms with van der Waals surface area (Å²) in [4.78, 5) is 21.7. The molecule has 0 aromatic rings. The molecule has 0 amide bonds. The van der Waals surface area contributed by atoms with Crippen LogP contribution >= 0.6 is 0 Å². The van der Waals surface area contributed by atoms with E-state index in [1.807, 2.05) is 6.08 Å². The first-order valence-electron chi connectivity index (χ1n) is 7.54. The first-order valence-corrected chi connectivity index (χ1v) is 10.4. The first kappa shape index (κ1) is 20.1. The number of carbonyl (C=O) groups is 2. The fourth-order valence-corrected chi connectivity index (χ4v) is 2.92. The lowest BCUT2D eigenvalue weighted by Crippen LogP contribution is -2.43. The number of allylic oxidation sites excluding steroid dienone is 1. The smallest absolute Gasteiger partial charge is 0.303 e. The summed E-state index contributed by atoms with van der Waals surface area (Å²) in [6.45, 7) is 12.4. The average molecular weight is 314 g/mol. The Hall–Kier alpha value is -0.943. The average Bonchev–Trinajstić information content (AvgIpc) is 2.29. The highest BCUT2D eigenvalue weighted by molar-refractivity contribution is 6.74. The van der Waals surface area contributed by atoms with Gasteiger partial charge in [-0.2, -0.15) is 0 Å². The summed E-state index contributed by atoms with van der Waals surface area (Å²) in [6.07, 6.45) is 5.63. The molecule has 0 aliphatic rings. The first-order chi connectivity index (χ1) is 9.45. The molecule has 0 aromatic heterocycles. The Morgan fingerprint density at radius 2 is 1.81 bits per heavy atom. The maximum absolute atomic E-state index is 11.1. The van der Waals surface area contributed by atoms with Crippen molar-refractivity contribution in [1.82, 2.24) is 0 Å². The zero-order valence-corrected chi connectivity index (χ0v) is 15.2. The molecule has 0 saturated carbocycles. The lowest BCUT2D eigenvalue weighted by Gasteiger charge is -2.38. The summed E-state index contributed by atoms with van der Waals surface area (Å²) in [5.41, 5.74) is 0. The largest absolute Gasteiger partial charge is 0.481 e. The summed E-state index contributed by atoms with van der Waals surface area (Å²) < 4.78 is 6.31. The van der Waals surface area contributed by atoms with Gasteiger partial charge in [0.25, 0.3) is 0 Å². The molecule has 0 spiro atoms. The molecule has 1 unspecified atom stereocenters. The van der Waals surface area contributed by atoms with Gasteiger partial charge in [-0.15, -0.1) is 0 Å². The van der Waals surface area contributed by atoms with Crippen molar-refractivity contribution in [2.24, 2.45) is 0 Å². The maximum Gasteiger partial charge on any atom is 0.303 e. The van der Waals surface area contributed by atoms with E-state index in [1.54, 1.807) is 6.08 Å². The molecule has 1 atom stereocenters. The predicted octanol–water partition coefficient (Wildman–Crippen LogP) is 4.17. The predicted molar refractivity (Wildman–Crippen MR) is 88.0 cm³/mol. The van der Waals surface area contributed by atoms with E-state index in [1.165, 1.54) is 6.92 Å². The Morgan fingerprint density at radius 3 is 2.24 bits per heavy atom. The highest BCUT2D eigenvalue weighted by Gasteiger charge is 2.38. The topological polar surface area (TPSA) is 63.6 Å². The van der Waals surface area contributed by atoms with Crippen molar-refractivity contribution in [2.75, 3.05) is 0 Å². The molecule has 0 aromatic carbocycles. The number of aliphatic carboxylic acids is 1. The van der Waals surface area contributed by atoms with Gasteiger partial charge < -0.3 is 9.53 Å². The van der Waals surface area contributed by atoms with Crippen LogP contribution in [0.4, 0.5) is 0 Å². The Balaban J connectivity index is 4.67. The molecule has 122 valence electrons. The third-order valence-electron chi connectivity index (χ3n) is 3.93. The molecule has 0 rings (SSSR count). The number of rotatable bonds is 9. The van der Waals surface area contributed by atoms with Crippen LogP contribution in [0.25, 0.3) is 0 Å². The quantitative estimate of drug-likeness (QED) is 0.394. The fourth-order valence-electron chi connectivity index (χ4n) is 1.61. The van der Waals surface area contributed by atoms with Gasteiger partial charge in [0.15, 0.2) is 14.1 Å². The van der Waals surface area contributed by atoms with E-state index in [0.717, 1.165) is 12.8 Å². The highest BCUT2D eigenvalue weighted by atomic mass is 28.4. The maximum atomic E-state index is 11.1. The zero-order valence-electron chi connectivity index (χ0n) is 14.2. The number of carbonyl (C=O) groups excluding carboxylic acids is 1. The minimum absolute atomic E-state index is 0.00404. The molecular weight excluding hydrogens is 284 g/mol. The van der Waals surface area contributed by atoms with E-state index in [4.69, 9.17) is 9.53 Å². The van der Waals surface area contributed by atoms with Gasteiger partial charge in [0.2, 0.25) is 0 Å². The lowest BCUT2D eigenvalue weighted by molar-refractivity contribution is -0.137. The number of carboxylic acids is 1. The van der Waals surface area contributed by atoms with E-state index >= 15 is 0 Å². The monoisotopic (exact) mass is 314 g/mol. The van der Waals surface area contributed by atoms with Gasteiger partial charge in [-0.25, -0.2) is 0 Å². The standard InChI is InChI=1S/C16H30O4Si/c1-13(17)11-12-14(9-7-8-10-15(18)19)20-21(5,6)16(2,3)4/h11-12,14H,7-10H2,1-6H3,(H,18,19)/b12-11+. The van der Waals surface area contributed by atoms with Crippen LogP contribution in [0.2, 0.25) is 18.1 Å². The van der Waals surface area contributed by atoms with E-state index in [9.17, 15) is 9.59 Å². The van der Waals surface area contributed by atoms with Crippen molar-refractivity contribution in [3.05, 3.63) is 12.2 Å². The summed E-state index contributed by atoms with van der Waals surface area (Å²) in [7, 11) is -1.90. The molecule has 0 aliphatic carbocycles. The van der Waals surface area contributed by atoms with Gasteiger partial charge in [0, 0.05) is 6.42 Å². The summed E-state index contributed by atoms with van der Waals surface area (Å²) in [6, 6.07) is 0. The van der Waals surface area contributed by atoms with E-state index in [-0.39, 0.29) is 23.3 Å². The number of hydrogen-bond acceptors (Lipinski definition) is 3. The third-order valence-corrected chi connectivity index (χ3v) is 8.43. The molecule has 0 radical (unpaired) electrons. The molecular formula is C16H30O4Si. The van der Waals surface area contributed by atoms with Gasteiger partial charge >= 0.3 is 5.97 Å². The van der Waals surface area contributed by atoms with E-state index in [2.05, 4.69) is 33.9 Å². The molecule has 0 saturated heterocycles. The summed E-state index contributed by atoms with van der Waals surface area (Å²) in [5.74, 6) is -0.763. The summed E-state index contributed by atoms with van der Waals surface area (Å²) in [5, 5.41) is 8.77. The molecule has 4 nitrogen and oxygen atoms in total. The van der Waals surface area contributed by atoms with Crippen molar-refractivity contribution in [3.8, 4) is 0 Å². The van der Waals surface area contributed by atoms with Crippen LogP contribution in [0.1, 0.15) is 53.4 Å². The normalized spacial score (nSPS) is 14.4. The lowest BCUT2D eigenvalue weighted by atomic mass is 10.1. The molecule has 0 heterocycles. The van der Waals surface area contributed by atoms with Gasteiger partial charge in [0.05, 0.1) is 6.10 Å². The second kappa shape index (κ2) is 8.49. The number of carboxylic acid groups (broad SMARTS) is 1. The van der Waals surface area contributed by atoms with Crippen LogP contribution in [0.3, 0.4) is 0 Å². The SMILES string of the molecule is CC(=O)/C=C/C(CCCCC(=O)O)O[Si](C)(C)C(C)(C)C. The van der Waals surface area contributed by atoms with Crippen molar-refractivity contribution < 1.29 is 19.1 Å². The van der Waals surface area contributed by atoms with Crippen molar-refractivity contribution >= 4 is 20.1 Å². The van der Waals surface area contributed by atoms with E-state index < -0.39 is 14.3 Å². The molecule has 0 bridgehead atoms. The zero-order chi connectivity index (χ0) is 16.7. The number of hydrogen-bond donors (Lipinski definition) is 1. The molecule has 5 heteroatoms. The minimum atomic E-state index is -1.90. The van der Waals surface area contributed by atoms with Crippen molar-refractivity contribution in [3.63, 3.8) is 0 Å². The van der Waals surface area contributed by atoms with Gasteiger partial charge in [0.1, 0.15) is 0 Å². The molecule has 1 N–H and O–H groups in total. The molecule has 21 heavy (non-hydrogen) atoms. The third kappa shape index (κ3) is 8.83. The van der Waals surface area contributed by atoms with Crippen LogP contribution in [0.15, 0.2) is 12.2 Å². The highest BCUT2D eigenvalue weighted by Crippen LogP contribution is 2.37. The second-order valence-corrected chi connectivity index (χ2v) is 11.8. The number of ketones is 1. The molecule has 0 aliphatic heterocycles. The Morgan fingerprint density at radius 1 is 1.24 bits per heavy atom. The van der Waals surface area contributed by atoms with Gasteiger partial charge in [-0.05, 0) is 44.0 Å².